The van der Waals surface area contributed by atoms with Crippen LogP contribution in [-0.4, -0.2) is 41.8 Å². The third-order valence-electron chi connectivity index (χ3n) is 4.17. The Morgan fingerprint density at radius 2 is 1.94 bits per heavy atom. The van der Waals surface area contributed by atoms with E-state index in [1.165, 1.54) is 38.5 Å². The van der Waals surface area contributed by atoms with Crippen LogP contribution < -0.4 is 5.73 Å². The van der Waals surface area contributed by atoms with Gasteiger partial charge in [-0.15, -0.1) is 0 Å². The van der Waals surface area contributed by atoms with Gasteiger partial charge in [-0.25, -0.2) is 0 Å². The third kappa shape index (κ3) is 3.94. The van der Waals surface area contributed by atoms with Crippen LogP contribution in [0.25, 0.3) is 0 Å². The molecule has 0 aromatic heterocycles. The molecule has 1 aliphatic rings. The van der Waals surface area contributed by atoms with Crippen LogP contribution in [0.1, 0.15) is 52.4 Å². The van der Waals surface area contributed by atoms with Crippen molar-refractivity contribution in [1.29, 1.82) is 0 Å². The second kappa shape index (κ2) is 7.34. The molecule has 3 nitrogen and oxygen atoms in total. The van der Waals surface area contributed by atoms with E-state index in [1.807, 2.05) is 0 Å². The van der Waals surface area contributed by atoms with Crippen LogP contribution in [0.4, 0.5) is 0 Å². The number of nitrogens with zero attached hydrogens (tertiary/aromatic N) is 1. The van der Waals surface area contributed by atoms with Crippen molar-refractivity contribution in [2.24, 2.45) is 11.7 Å². The Morgan fingerprint density at radius 1 is 1.29 bits per heavy atom. The van der Waals surface area contributed by atoms with E-state index in [1.54, 1.807) is 0 Å². The van der Waals surface area contributed by atoms with Crippen molar-refractivity contribution >= 4 is 0 Å². The SMILES string of the molecule is CCCN(CC(C)CO)C1(CN)CCCCC1. The summed E-state index contributed by atoms with van der Waals surface area (Å²) in [6.45, 7) is 7.49. The van der Waals surface area contributed by atoms with Gasteiger partial charge in [0.25, 0.3) is 0 Å². The first-order valence-corrected chi connectivity index (χ1v) is 7.24. The lowest BCUT2D eigenvalue weighted by molar-refractivity contribution is 0.0358. The van der Waals surface area contributed by atoms with Crippen LogP contribution in [0, 0.1) is 5.92 Å². The lowest BCUT2D eigenvalue weighted by Gasteiger charge is -2.47. The van der Waals surface area contributed by atoms with Gasteiger partial charge in [0.15, 0.2) is 0 Å². The molecule has 1 aliphatic carbocycles. The van der Waals surface area contributed by atoms with E-state index >= 15 is 0 Å². The molecule has 1 fully saturated rings. The van der Waals surface area contributed by atoms with Crippen molar-refractivity contribution in [2.45, 2.75) is 57.9 Å². The summed E-state index contributed by atoms with van der Waals surface area (Å²) in [5.41, 5.74) is 6.30. The minimum atomic E-state index is 0.220. The van der Waals surface area contributed by atoms with E-state index in [9.17, 15) is 5.11 Å². The molecule has 0 aromatic rings. The maximum atomic E-state index is 9.25. The second-order valence-corrected chi connectivity index (χ2v) is 5.72. The minimum Gasteiger partial charge on any atom is -0.396 e. The molecule has 0 heterocycles. The molecule has 17 heavy (non-hydrogen) atoms. The number of aliphatic hydroxyl groups is 1. The van der Waals surface area contributed by atoms with Gasteiger partial charge < -0.3 is 10.8 Å². The highest BCUT2D eigenvalue weighted by Crippen LogP contribution is 2.33. The van der Waals surface area contributed by atoms with Gasteiger partial charge in [-0.2, -0.15) is 0 Å². The summed E-state index contributed by atoms with van der Waals surface area (Å²) in [5, 5.41) is 9.25. The predicted octanol–water partition coefficient (Wildman–Crippen LogP) is 1.99. The molecule has 0 radical (unpaired) electrons. The van der Waals surface area contributed by atoms with Gasteiger partial charge in [0.2, 0.25) is 0 Å². The van der Waals surface area contributed by atoms with Crippen molar-refractivity contribution in [2.75, 3.05) is 26.2 Å². The fraction of sp³-hybridized carbons (Fsp3) is 1.00. The van der Waals surface area contributed by atoms with E-state index in [2.05, 4.69) is 18.7 Å². The Morgan fingerprint density at radius 3 is 2.41 bits per heavy atom. The van der Waals surface area contributed by atoms with E-state index in [0.717, 1.165) is 19.6 Å². The number of rotatable bonds is 7. The summed E-state index contributed by atoms with van der Waals surface area (Å²) in [6.07, 6.45) is 7.62. The lowest BCUT2D eigenvalue weighted by atomic mass is 9.79. The summed E-state index contributed by atoms with van der Waals surface area (Å²) < 4.78 is 0. The standard InChI is InChI=1S/C14H30N2O/c1-3-9-16(10-13(2)11-17)14(12-15)7-5-4-6-8-14/h13,17H,3-12,15H2,1-2H3. The first kappa shape index (κ1) is 14.9. The van der Waals surface area contributed by atoms with Gasteiger partial charge in [-0.05, 0) is 31.7 Å². The molecule has 0 spiro atoms. The number of aliphatic hydroxyl groups excluding tert-OH is 1. The average molecular weight is 242 g/mol. The Kier molecular flexibility index (Phi) is 6.45. The maximum absolute atomic E-state index is 9.25. The van der Waals surface area contributed by atoms with Gasteiger partial charge >= 0.3 is 0 Å². The molecule has 0 amide bonds. The molecule has 1 saturated carbocycles. The third-order valence-corrected chi connectivity index (χ3v) is 4.17. The molecule has 0 bridgehead atoms. The molecule has 1 rings (SSSR count). The molecule has 1 atom stereocenters. The highest BCUT2D eigenvalue weighted by molar-refractivity contribution is 4.94. The summed E-state index contributed by atoms with van der Waals surface area (Å²) >= 11 is 0. The second-order valence-electron chi connectivity index (χ2n) is 5.72. The van der Waals surface area contributed by atoms with Crippen LogP contribution in [0.2, 0.25) is 0 Å². The number of nitrogens with two attached hydrogens (primary N) is 1. The van der Waals surface area contributed by atoms with E-state index in [0.29, 0.717) is 5.92 Å². The lowest BCUT2D eigenvalue weighted by Crippen LogP contribution is -2.56. The van der Waals surface area contributed by atoms with Crippen LogP contribution in [0.15, 0.2) is 0 Å². The summed E-state index contributed by atoms with van der Waals surface area (Å²) in [5.74, 6) is 0.354. The quantitative estimate of drug-likeness (QED) is 0.718. The molecule has 3 heteroatoms. The Bertz CT molecular complexity index is 202. The largest absolute Gasteiger partial charge is 0.396 e. The molecule has 0 aliphatic heterocycles. The number of hydrogen-bond donors (Lipinski definition) is 2. The topological polar surface area (TPSA) is 49.5 Å². The first-order valence-electron chi connectivity index (χ1n) is 7.24. The van der Waals surface area contributed by atoms with Gasteiger partial charge in [0.1, 0.15) is 0 Å². The fourth-order valence-electron chi connectivity index (χ4n) is 3.09. The first-order chi connectivity index (χ1) is 8.18. The molecule has 3 N–H and O–H groups in total. The summed E-state index contributed by atoms with van der Waals surface area (Å²) in [7, 11) is 0. The molecule has 0 saturated heterocycles. The Labute approximate surface area is 106 Å². The van der Waals surface area contributed by atoms with Gasteiger partial charge in [-0.3, -0.25) is 4.90 Å². The normalized spacial score (nSPS) is 21.7. The molecular weight excluding hydrogens is 212 g/mol. The van der Waals surface area contributed by atoms with Crippen LogP contribution in [0.5, 0.6) is 0 Å². The van der Waals surface area contributed by atoms with E-state index in [-0.39, 0.29) is 12.1 Å². The predicted molar refractivity (Wildman–Crippen MR) is 73.0 cm³/mol. The zero-order valence-electron chi connectivity index (χ0n) is 11.6. The molecule has 102 valence electrons. The van der Waals surface area contributed by atoms with Crippen LogP contribution in [-0.2, 0) is 0 Å². The average Bonchev–Trinajstić information content (AvgIpc) is 2.38. The van der Waals surface area contributed by atoms with Gasteiger partial charge in [0.05, 0.1) is 0 Å². The van der Waals surface area contributed by atoms with Crippen LogP contribution >= 0.6 is 0 Å². The van der Waals surface area contributed by atoms with Crippen molar-refractivity contribution in [3.8, 4) is 0 Å². The summed E-state index contributed by atoms with van der Waals surface area (Å²) in [6, 6.07) is 0. The minimum absolute atomic E-state index is 0.220. The zero-order chi connectivity index (χ0) is 12.7. The van der Waals surface area contributed by atoms with Crippen molar-refractivity contribution in [3.05, 3.63) is 0 Å². The zero-order valence-corrected chi connectivity index (χ0v) is 11.6. The monoisotopic (exact) mass is 242 g/mol. The smallest absolute Gasteiger partial charge is 0.0468 e. The molecular formula is C14H30N2O. The highest BCUT2D eigenvalue weighted by Gasteiger charge is 2.36. The van der Waals surface area contributed by atoms with Gasteiger partial charge in [-0.1, -0.05) is 33.1 Å². The van der Waals surface area contributed by atoms with E-state index < -0.39 is 0 Å². The Hall–Kier alpha value is -0.120. The molecule has 1 unspecified atom stereocenters. The fourth-order valence-corrected chi connectivity index (χ4v) is 3.09. The highest BCUT2D eigenvalue weighted by atomic mass is 16.3. The van der Waals surface area contributed by atoms with Crippen molar-refractivity contribution in [1.82, 2.24) is 4.90 Å². The Balaban J connectivity index is 2.70. The van der Waals surface area contributed by atoms with Crippen LogP contribution in [0.3, 0.4) is 0 Å². The van der Waals surface area contributed by atoms with Crippen molar-refractivity contribution in [3.63, 3.8) is 0 Å². The summed E-state index contributed by atoms with van der Waals surface area (Å²) in [4.78, 5) is 2.56. The number of hydrogen-bond acceptors (Lipinski definition) is 3. The maximum Gasteiger partial charge on any atom is 0.0468 e. The van der Waals surface area contributed by atoms with E-state index in [4.69, 9.17) is 5.73 Å². The van der Waals surface area contributed by atoms with Crippen molar-refractivity contribution < 1.29 is 5.11 Å². The molecule has 0 aromatic carbocycles. The van der Waals surface area contributed by atoms with Gasteiger partial charge in [0, 0.05) is 25.2 Å².